The molecule has 0 radical (unpaired) electrons. The van der Waals surface area contributed by atoms with E-state index in [9.17, 15) is 0 Å². The molecular weight excluding hydrogens is 320 g/mol. The van der Waals surface area contributed by atoms with E-state index in [4.69, 9.17) is 11.6 Å². The SMILES string of the molecule is CC(C)C1CN=C(Nc2ccc(Br)cc2Cl)S1. The lowest BCUT2D eigenvalue weighted by Gasteiger charge is -2.12. The van der Waals surface area contributed by atoms with Crippen molar-refractivity contribution < 1.29 is 0 Å². The number of nitrogens with one attached hydrogen (secondary N) is 1. The van der Waals surface area contributed by atoms with Gasteiger partial charge in [0.15, 0.2) is 5.17 Å². The van der Waals surface area contributed by atoms with Gasteiger partial charge in [0.05, 0.1) is 17.3 Å². The van der Waals surface area contributed by atoms with Gasteiger partial charge in [-0.25, -0.2) is 0 Å². The van der Waals surface area contributed by atoms with Crippen LogP contribution in [0.2, 0.25) is 5.02 Å². The largest absolute Gasteiger partial charge is 0.334 e. The Hall–Kier alpha value is -0.190. The summed E-state index contributed by atoms with van der Waals surface area (Å²) >= 11 is 11.3. The molecule has 0 spiro atoms. The van der Waals surface area contributed by atoms with Gasteiger partial charge < -0.3 is 5.32 Å². The van der Waals surface area contributed by atoms with Crippen molar-refractivity contribution in [1.82, 2.24) is 0 Å². The zero-order valence-electron chi connectivity index (χ0n) is 9.71. The van der Waals surface area contributed by atoms with E-state index in [0.717, 1.165) is 21.9 Å². The molecule has 0 aromatic heterocycles. The molecule has 17 heavy (non-hydrogen) atoms. The first-order valence-electron chi connectivity index (χ1n) is 5.49. The number of nitrogens with zero attached hydrogens (tertiary/aromatic N) is 1. The predicted molar refractivity (Wildman–Crippen MR) is 81.3 cm³/mol. The maximum Gasteiger partial charge on any atom is 0.161 e. The number of rotatable bonds is 2. The number of anilines is 1. The van der Waals surface area contributed by atoms with Gasteiger partial charge in [-0.05, 0) is 24.1 Å². The fourth-order valence-electron chi connectivity index (χ4n) is 1.51. The minimum Gasteiger partial charge on any atom is -0.334 e. The number of amidine groups is 1. The van der Waals surface area contributed by atoms with Crippen LogP contribution in [0.5, 0.6) is 0 Å². The Bertz CT molecular complexity index is 448. The van der Waals surface area contributed by atoms with Gasteiger partial charge >= 0.3 is 0 Å². The molecule has 92 valence electrons. The monoisotopic (exact) mass is 332 g/mol. The number of benzene rings is 1. The molecule has 0 amide bonds. The molecule has 1 aliphatic rings. The van der Waals surface area contributed by atoms with E-state index in [0.29, 0.717) is 16.2 Å². The molecule has 0 saturated carbocycles. The van der Waals surface area contributed by atoms with Crippen LogP contribution in [-0.2, 0) is 0 Å². The lowest BCUT2D eigenvalue weighted by atomic mass is 10.1. The van der Waals surface area contributed by atoms with Gasteiger partial charge in [0, 0.05) is 9.72 Å². The second-order valence-corrected chi connectivity index (χ2v) is 6.85. The molecule has 1 heterocycles. The molecule has 0 saturated heterocycles. The lowest BCUT2D eigenvalue weighted by Crippen LogP contribution is -2.13. The molecule has 1 unspecified atom stereocenters. The van der Waals surface area contributed by atoms with Crippen LogP contribution < -0.4 is 5.32 Å². The number of thioether (sulfide) groups is 1. The van der Waals surface area contributed by atoms with Crippen molar-refractivity contribution in [2.75, 3.05) is 11.9 Å². The average molecular weight is 334 g/mol. The number of hydrogen-bond acceptors (Lipinski definition) is 3. The summed E-state index contributed by atoms with van der Waals surface area (Å²) in [6.07, 6.45) is 0. The zero-order chi connectivity index (χ0) is 12.4. The predicted octanol–water partition coefficient (Wildman–Crippen LogP) is 4.64. The van der Waals surface area contributed by atoms with Crippen LogP contribution in [0.3, 0.4) is 0 Å². The summed E-state index contributed by atoms with van der Waals surface area (Å²) in [6.45, 7) is 5.34. The molecule has 1 atom stereocenters. The van der Waals surface area contributed by atoms with Gasteiger partial charge in [0.2, 0.25) is 0 Å². The normalized spacial score (nSPS) is 19.6. The molecule has 1 aliphatic heterocycles. The van der Waals surface area contributed by atoms with E-state index in [1.807, 2.05) is 18.2 Å². The number of hydrogen-bond donors (Lipinski definition) is 1. The minimum absolute atomic E-state index is 0.576. The van der Waals surface area contributed by atoms with Crippen molar-refractivity contribution in [1.29, 1.82) is 0 Å². The lowest BCUT2D eigenvalue weighted by molar-refractivity contribution is 0.621. The number of aliphatic imine (C=N–C) groups is 1. The third-order valence-electron chi connectivity index (χ3n) is 2.59. The third-order valence-corrected chi connectivity index (χ3v) is 4.85. The molecule has 1 N–H and O–H groups in total. The highest BCUT2D eigenvalue weighted by atomic mass is 79.9. The van der Waals surface area contributed by atoms with E-state index in [2.05, 4.69) is 40.1 Å². The van der Waals surface area contributed by atoms with Gasteiger partial charge in [0.25, 0.3) is 0 Å². The summed E-state index contributed by atoms with van der Waals surface area (Å²) < 4.78 is 0.981. The van der Waals surface area contributed by atoms with E-state index < -0.39 is 0 Å². The summed E-state index contributed by atoms with van der Waals surface area (Å²) in [5, 5.41) is 5.53. The average Bonchev–Trinajstić information content (AvgIpc) is 2.71. The van der Waals surface area contributed by atoms with Crippen molar-refractivity contribution in [3.8, 4) is 0 Å². The van der Waals surface area contributed by atoms with E-state index in [1.54, 1.807) is 11.8 Å². The van der Waals surface area contributed by atoms with Crippen molar-refractivity contribution in [3.63, 3.8) is 0 Å². The van der Waals surface area contributed by atoms with Crippen molar-refractivity contribution >= 4 is 50.1 Å². The van der Waals surface area contributed by atoms with E-state index in [1.165, 1.54) is 0 Å². The van der Waals surface area contributed by atoms with E-state index in [-0.39, 0.29) is 0 Å². The maximum absolute atomic E-state index is 6.15. The Morgan fingerprint density at radius 1 is 1.53 bits per heavy atom. The summed E-state index contributed by atoms with van der Waals surface area (Å²) in [5.41, 5.74) is 0.908. The summed E-state index contributed by atoms with van der Waals surface area (Å²) in [4.78, 5) is 4.50. The van der Waals surface area contributed by atoms with Gasteiger partial charge in [0.1, 0.15) is 0 Å². The highest BCUT2D eigenvalue weighted by Gasteiger charge is 2.22. The molecule has 0 fully saturated rings. The smallest absolute Gasteiger partial charge is 0.161 e. The quantitative estimate of drug-likeness (QED) is 0.852. The first-order chi connectivity index (χ1) is 8.06. The van der Waals surface area contributed by atoms with Crippen molar-refractivity contribution in [2.24, 2.45) is 10.9 Å². The molecular formula is C12H14BrClN2S. The highest BCUT2D eigenvalue weighted by Crippen LogP contribution is 2.31. The standard InChI is InChI=1S/C12H14BrClN2S/c1-7(2)11-6-15-12(17-11)16-10-4-3-8(13)5-9(10)14/h3-5,7,11H,6H2,1-2H3,(H,15,16). The first kappa shape index (κ1) is 13.2. The van der Waals surface area contributed by atoms with Gasteiger partial charge in [-0.1, -0.05) is 53.1 Å². The summed E-state index contributed by atoms with van der Waals surface area (Å²) in [6, 6.07) is 5.80. The molecule has 0 bridgehead atoms. The number of halogens is 2. The molecule has 2 rings (SSSR count). The molecule has 1 aromatic carbocycles. The second-order valence-electron chi connectivity index (χ2n) is 4.30. The molecule has 1 aromatic rings. The Balaban J connectivity index is 2.03. The van der Waals surface area contributed by atoms with Gasteiger partial charge in [-0.3, -0.25) is 4.99 Å². The van der Waals surface area contributed by atoms with Crippen LogP contribution in [0, 0.1) is 5.92 Å². The Kier molecular flexibility index (Phi) is 4.39. The van der Waals surface area contributed by atoms with Gasteiger partial charge in [-0.2, -0.15) is 0 Å². The second kappa shape index (κ2) is 5.63. The summed E-state index contributed by atoms with van der Waals surface area (Å²) in [7, 11) is 0. The van der Waals surface area contributed by atoms with Gasteiger partial charge in [-0.15, -0.1) is 0 Å². The highest BCUT2D eigenvalue weighted by molar-refractivity contribution is 9.10. The zero-order valence-corrected chi connectivity index (χ0v) is 12.9. The van der Waals surface area contributed by atoms with Crippen LogP contribution in [0.25, 0.3) is 0 Å². The topological polar surface area (TPSA) is 24.4 Å². The van der Waals surface area contributed by atoms with Crippen molar-refractivity contribution in [2.45, 2.75) is 19.1 Å². The first-order valence-corrected chi connectivity index (χ1v) is 7.54. The third kappa shape index (κ3) is 3.39. The molecule has 0 aliphatic carbocycles. The Morgan fingerprint density at radius 2 is 2.29 bits per heavy atom. The fraction of sp³-hybridized carbons (Fsp3) is 0.417. The van der Waals surface area contributed by atoms with Crippen LogP contribution >= 0.6 is 39.3 Å². The summed E-state index contributed by atoms with van der Waals surface area (Å²) in [5.74, 6) is 0.642. The Labute approximate surface area is 119 Å². The fourth-order valence-corrected chi connectivity index (χ4v) is 3.26. The maximum atomic E-state index is 6.15. The van der Waals surface area contributed by atoms with Crippen LogP contribution in [-0.4, -0.2) is 17.0 Å². The molecule has 2 nitrogen and oxygen atoms in total. The van der Waals surface area contributed by atoms with Crippen LogP contribution in [0.1, 0.15) is 13.8 Å². The Morgan fingerprint density at radius 3 is 2.88 bits per heavy atom. The minimum atomic E-state index is 0.576. The van der Waals surface area contributed by atoms with Crippen LogP contribution in [0.15, 0.2) is 27.7 Å². The van der Waals surface area contributed by atoms with Crippen molar-refractivity contribution in [3.05, 3.63) is 27.7 Å². The molecule has 5 heteroatoms. The van der Waals surface area contributed by atoms with Crippen LogP contribution in [0.4, 0.5) is 5.69 Å². The van der Waals surface area contributed by atoms with E-state index >= 15 is 0 Å².